The van der Waals surface area contributed by atoms with Crippen molar-refractivity contribution in [2.75, 3.05) is 11.5 Å². The van der Waals surface area contributed by atoms with Gasteiger partial charge in [-0.2, -0.15) is 0 Å². The number of benzene rings is 4. The third-order valence-corrected chi connectivity index (χ3v) is 9.71. The second kappa shape index (κ2) is 21.2. The van der Waals surface area contributed by atoms with Gasteiger partial charge in [0.25, 0.3) is 0 Å². The second-order valence-electron chi connectivity index (χ2n) is 12.7. The molecule has 0 aliphatic rings. The van der Waals surface area contributed by atoms with E-state index in [1.165, 1.54) is 27.7 Å². The fraction of sp³-hybridized carbons (Fsp3) is 0.273. The Kier molecular flexibility index (Phi) is 16.1. The van der Waals surface area contributed by atoms with Gasteiger partial charge < -0.3 is 18.9 Å². The van der Waals surface area contributed by atoms with Crippen LogP contribution in [0.15, 0.2) is 109 Å². The van der Waals surface area contributed by atoms with Gasteiger partial charge >= 0.3 is 23.9 Å². The average molecular weight is 751 g/mol. The van der Waals surface area contributed by atoms with Crippen LogP contribution in [0.2, 0.25) is 0 Å². The summed E-state index contributed by atoms with van der Waals surface area (Å²) in [7, 11) is -1.01. The van der Waals surface area contributed by atoms with E-state index in [0.717, 1.165) is 47.9 Å². The zero-order valence-electron chi connectivity index (χ0n) is 31.0. The first-order valence-electron chi connectivity index (χ1n) is 17.8. The molecule has 282 valence electrons. The number of allylic oxidation sites excluding steroid dienone is 2. The lowest BCUT2D eigenvalue weighted by Gasteiger charge is -2.15. The Balaban J connectivity index is 1.38. The van der Waals surface area contributed by atoms with Crippen molar-refractivity contribution in [3.05, 3.63) is 131 Å². The van der Waals surface area contributed by atoms with Crippen LogP contribution in [0, 0.1) is 0 Å². The molecule has 2 unspecified atom stereocenters. The maximum Gasteiger partial charge on any atom is 0.308 e. The molecule has 0 fully saturated rings. The number of ether oxygens (including phenoxy) is 4. The van der Waals surface area contributed by atoms with Gasteiger partial charge in [-0.3, -0.25) is 23.4 Å². The maximum absolute atomic E-state index is 13.2. The fourth-order valence-electron chi connectivity index (χ4n) is 5.84. The summed E-state index contributed by atoms with van der Waals surface area (Å²) in [6.07, 6.45) is 11.2. The molecule has 4 aromatic carbocycles. The number of hydrogen-bond acceptors (Lipinski definition) is 9. The van der Waals surface area contributed by atoms with Crippen molar-refractivity contribution in [3.8, 4) is 23.0 Å². The minimum absolute atomic E-state index is 0.0607. The number of esters is 4. The highest BCUT2D eigenvalue weighted by Crippen LogP contribution is 2.32. The molecule has 4 rings (SSSR count). The Morgan fingerprint density at radius 3 is 1.22 bits per heavy atom. The summed E-state index contributed by atoms with van der Waals surface area (Å²) >= 11 is 0. The highest BCUT2D eigenvalue weighted by Gasteiger charge is 2.15. The molecule has 0 aliphatic carbocycles. The molecule has 0 amide bonds. The van der Waals surface area contributed by atoms with Crippen molar-refractivity contribution in [2.45, 2.75) is 65.2 Å². The van der Waals surface area contributed by atoms with Gasteiger partial charge in [0.1, 0.15) is 0 Å². The first-order chi connectivity index (χ1) is 26.0. The predicted molar refractivity (Wildman–Crippen MR) is 211 cm³/mol. The van der Waals surface area contributed by atoms with E-state index < -0.39 is 34.7 Å². The molecule has 0 aromatic heterocycles. The van der Waals surface area contributed by atoms with Gasteiger partial charge in [0.05, 0.1) is 0 Å². The van der Waals surface area contributed by atoms with Crippen molar-refractivity contribution < 1.29 is 42.3 Å². The molecular weight excluding hydrogens is 705 g/mol. The topological polar surface area (TPSA) is 122 Å². The highest BCUT2D eigenvalue weighted by atomic mass is 32.2. The number of hydrogen-bond donors (Lipinski definition) is 0. The quantitative estimate of drug-likeness (QED) is 0.0724. The van der Waals surface area contributed by atoms with E-state index in [2.05, 4.69) is 36.4 Å². The molecular formula is C44H46O9S. The highest BCUT2D eigenvalue weighted by molar-refractivity contribution is 7.84. The van der Waals surface area contributed by atoms with E-state index >= 15 is 0 Å². The molecule has 0 saturated carbocycles. The van der Waals surface area contributed by atoms with Crippen LogP contribution >= 0.6 is 0 Å². The lowest BCUT2D eigenvalue weighted by atomic mass is 9.93. The van der Waals surface area contributed by atoms with Gasteiger partial charge in [0.2, 0.25) is 0 Å². The summed E-state index contributed by atoms with van der Waals surface area (Å²) in [5, 5.41) is 0. The molecule has 0 aliphatic heterocycles. The third kappa shape index (κ3) is 14.1. The Labute approximate surface area is 319 Å². The second-order valence-corrected chi connectivity index (χ2v) is 14.4. The van der Waals surface area contributed by atoms with Crippen LogP contribution in [0.4, 0.5) is 0 Å². The third-order valence-electron chi connectivity index (χ3n) is 8.22. The molecule has 4 aromatic rings. The summed E-state index contributed by atoms with van der Waals surface area (Å²) in [5.41, 5.74) is 3.82. The summed E-state index contributed by atoms with van der Waals surface area (Å²) in [4.78, 5) is 46.4. The molecule has 54 heavy (non-hydrogen) atoms. The van der Waals surface area contributed by atoms with Gasteiger partial charge in [-0.25, -0.2) is 0 Å². The number of rotatable bonds is 18. The van der Waals surface area contributed by atoms with Gasteiger partial charge in [0.15, 0.2) is 23.0 Å². The van der Waals surface area contributed by atoms with E-state index in [-0.39, 0.29) is 34.8 Å². The van der Waals surface area contributed by atoms with Crippen LogP contribution in [0.3, 0.4) is 0 Å². The van der Waals surface area contributed by atoms with E-state index in [4.69, 9.17) is 18.9 Å². The summed E-state index contributed by atoms with van der Waals surface area (Å²) < 4.78 is 34.2. The van der Waals surface area contributed by atoms with Crippen LogP contribution in [-0.4, -0.2) is 39.6 Å². The van der Waals surface area contributed by atoms with Crippen molar-refractivity contribution >= 4 is 46.8 Å². The lowest BCUT2D eigenvalue weighted by molar-refractivity contribution is -0.134. The molecule has 0 N–H and O–H groups in total. The van der Waals surface area contributed by atoms with Crippen LogP contribution in [0.5, 0.6) is 23.0 Å². The Bertz CT molecular complexity index is 1830. The molecule has 9 nitrogen and oxygen atoms in total. The number of carbonyl (C=O) groups excluding carboxylic acids is 4. The zero-order valence-corrected chi connectivity index (χ0v) is 31.8. The number of carbonyl (C=O) groups is 4. The van der Waals surface area contributed by atoms with Crippen LogP contribution in [-0.2, 0) is 30.0 Å². The Hall–Kier alpha value is -5.61. The Morgan fingerprint density at radius 2 is 0.870 bits per heavy atom. The normalized spacial score (nSPS) is 12.9. The first-order valence-corrected chi connectivity index (χ1v) is 19.3. The molecule has 0 saturated heterocycles. The van der Waals surface area contributed by atoms with Crippen LogP contribution < -0.4 is 18.9 Å². The summed E-state index contributed by atoms with van der Waals surface area (Å²) in [6, 6.07) is 30.3. The smallest absolute Gasteiger partial charge is 0.308 e. The predicted octanol–water partition coefficient (Wildman–Crippen LogP) is 8.99. The van der Waals surface area contributed by atoms with Crippen molar-refractivity contribution in [1.82, 2.24) is 0 Å². The molecule has 0 bridgehead atoms. The molecule has 0 spiro atoms. The van der Waals surface area contributed by atoms with Gasteiger partial charge in [-0.15, -0.1) is 0 Å². The SMILES string of the molecule is CC(=O)Oc1ccc(/C=C/C(CCCS(=O)CCCC(/C=C/c2ccc(OC(C)=O)c(OC(C)=O)c2)c2ccccc2)c2ccccc2)cc1OC(C)=O. The van der Waals surface area contributed by atoms with Crippen LogP contribution in [0.25, 0.3) is 12.2 Å². The van der Waals surface area contributed by atoms with E-state index in [1.807, 2.05) is 48.6 Å². The molecule has 0 radical (unpaired) electrons. The van der Waals surface area contributed by atoms with E-state index in [0.29, 0.717) is 11.5 Å². The maximum atomic E-state index is 13.2. The standard InChI is InChI=1S/C44H46O9S/c1-31(45)50-41-25-21-35(29-43(41)52-33(3)47)19-23-39(37-13-7-5-8-14-37)17-11-27-54(49)28-12-18-40(38-15-9-6-10-16-38)24-20-36-22-26-42(51-32(2)46)44(30-36)53-34(4)48/h5-10,13-16,19-26,29-30,39-40H,11-12,17-18,27-28H2,1-4H3/b23-19+,24-20+. The molecule has 0 heterocycles. The summed E-state index contributed by atoms with van der Waals surface area (Å²) in [5.74, 6) is -0.126. The van der Waals surface area contributed by atoms with Gasteiger partial charge in [-0.05, 0) is 72.2 Å². The zero-order chi connectivity index (χ0) is 38.9. The minimum atomic E-state index is -1.01. The molecule has 10 heteroatoms. The first kappa shape index (κ1) is 41.2. The fourth-order valence-corrected chi connectivity index (χ4v) is 7.02. The van der Waals surface area contributed by atoms with Crippen molar-refractivity contribution in [1.29, 1.82) is 0 Å². The Morgan fingerprint density at radius 1 is 0.519 bits per heavy atom. The van der Waals surface area contributed by atoms with E-state index in [1.54, 1.807) is 36.4 Å². The average Bonchev–Trinajstić information content (AvgIpc) is 3.13. The van der Waals surface area contributed by atoms with Gasteiger partial charge in [0, 0.05) is 61.8 Å². The largest absolute Gasteiger partial charge is 0.423 e. The van der Waals surface area contributed by atoms with Crippen molar-refractivity contribution in [2.24, 2.45) is 0 Å². The summed E-state index contributed by atoms with van der Waals surface area (Å²) in [6.45, 7) is 5.14. The van der Waals surface area contributed by atoms with Gasteiger partial charge in [-0.1, -0.05) is 97.1 Å². The minimum Gasteiger partial charge on any atom is -0.423 e. The monoisotopic (exact) mass is 750 g/mol. The lowest BCUT2D eigenvalue weighted by Crippen LogP contribution is -2.07. The van der Waals surface area contributed by atoms with Crippen molar-refractivity contribution in [3.63, 3.8) is 0 Å². The van der Waals surface area contributed by atoms with E-state index in [9.17, 15) is 23.4 Å². The molecule has 2 atom stereocenters. The van der Waals surface area contributed by atoms with Crippen LogP contribution in [0.1, 0.15) is 87.5 Å².